The van der Waals surface area contributed by atoms with Gasteiger partial charge in [-0.05, 0) is 49.4 Å². The molecule has 0 bridgehead atoms. The van der Waals surface area contributed by atoms with E-state index in [0.29, 0.717) is 12.6 Å². The second-order valence-corrected chi connectivity index (χ2v) is 7.62. The number of likely N-dealkylation sites (tertiary alicyclic amines) is 1. The zero-order valence-corrected chi connectivity index (χ0v) is 14.7. The van der Waals surface area contributed by atoms with Crippen LogP contribution in [0, 0.1) is 0 Å². The van der Waals surface area contributed by atoms with E-state index in [-0.39, 0.29) is 18.1 Å². The number of ether oxygens (including phenoxy) is 1. The molecule has 136 valence electrons. The van der Waals surface area contributed by atoms with Crippen LogP contribution in [0.4, 0.5) is 0 Å². The summed E-state index contributed by atoms with van der Waals surface area (Å²) < 4.78 is 5.50. The van der Waals surface area contributed by atoms with Crippen LogP contribution in [0.2, 0.25) is 0 Å². The minimum Gasteiger partial charge on any atom is -0.493 e. The molecule has 3 aliphatic rings. The summed E-state index contributed by atoms with van der Waals surface area (Å²) in [5.41, 5.74) is 1.86. The van der Waals surface area contributed by atoms with Crippen molar-refractivity contribution < 1.29 is 14.6 Å². The Morgan fingerprint density at radius 1 is 1.16 bits per heavy atom. The quantitative estimate of drug-likeness (QED) is 0.882. The van der Waals surface area contributed by atoms with Gasteiger partial charge >= 0.3 is 0 Å². The van der Waals surface area contributed by atoms with Gasteiger partial charge in [0.1, 0.15) is 5.75 Å². The van der Waals surface area contributed by atoms with Gasteiger partial charge in [0.05, 0.1) is 12.7 Å². The Labute approximate surface area is 149 Å². The van der Waals surface area contributed by atoms with Gasteiger partial charge in [0.25, 0.3) is 5.91 Å². The zero-order chi connectivity index (χ0) is 17.2. The van der Waals surface area contributed by atoms with E-state index >= 15 is 0 Å². The van der Waals surface area contributed by atoms with Crippen LogP contribution in [0.15, 0.2) is 18.2 Å². The molecule has 5 nitrogen and oxygen atoms in total. The van der Waals surface area contributed by atoms with E-state index in [1.807, 2.05) is 18.2 Å². The molecule has 1 amide bonds. The van der Waals surface area contributed by atoms with E-state index in [1.54, 1.807) is 0 Å². The molecule has 1 aromatic carbocycles. The van der Waals surface area contributed by atoms with Gasteiger partial charge in [0, 0.05) is 37.2 Å². The lowest BCUT2D eigenvalue weighted by atomic mass is 9.89. The summed E-state index contributed by atoms with van der Waals surface area (Å²) in [7, 11) is 0. The van der Waals surface area contributed by atoms with Gasteiger partial charge in [-0.1, -0.05) is 12.8 Å². The molecule has 2 unspecified atom stereocenters. The predicted molar refractivity (Wildman–Crippen MR) is 96.0 cm³/mol. The molecule has 0 spiro atoms. The third-order valence-corrected chi connectivity index (χ3v) is 5.98. The van der Waals surface area contributed by atoms with E-state index < -0.39 is 0 Å². The van der Waals surface area contributed by atoms with E-state index in [0.717, 1.165) is 68.5 Å². The molecular weight excluding hydrogens is 316 g/mol. The Bertz CT molecular complexity index is 625. The lowest BCUT2D eigenvalue weighted by molar-refractivity contribution is 0.00727. The van der Waals surface area contributed by atoms with E-state index in [2.05, 4.69) is 10.2 Å². The van der Waals surface area contributed by atoms with Crippen molar-refractivity contribution in [3.8, 4) is 5.75 Å². The molecule has 2 aliphatic heterocycles. The second-order valence-electron chi connectivity index (χ2n) is 7.62. The van der Waals surface area contributed by atoms with Crippen LogP contribution >= 0.6 is 0 Å². The van der Waals surface area contributed by atoms with Gasteiger partial charge in [0.2, 0.25) is 0 Å². The fourth-order valence-corrected chi connectivity index (χ4v) is 4.49. The number of hydrogen-bond acceptors (Lipinski definition) is 4. The Morgan fingerprint density at radius 3 is 2.76 bits per heavy atom. The molecule has 2 fully saturated rings. The maximum Gasteiger partial charge on any atom is 0.251 e. The first kappa shape index (κ1) is 16.9. The van der Waals surface area contributed by atoms with Crippen LogP contribution in [-0.4, -0.2) is 53.8 Å². The Kier molecular flexibility index (Phi) is 4.95. The summed E-state index contributed by atoms with van der Waals surface area (Å²) in [4.78, 5) is 15.0. The monoisotopic (exact) mass is 344 g/mol. The number of nitrogens with one attached hydrogen (secondary N) is 1. The molecule has 1 aromatic rings. The minimum atomic E-state index is -0.173. The molecule has 25 heavy (non-hydrogen) atoms. The molecule has 2 heterocycles. The summed E-state index contributed by atoms with van der Waals surface area (Å²) in [6, 6.07) is 6.28. The molecule has 1 saturated carbocycles. The number of rotatable bonds is 3. The number of aliphatic hydroxyl groups excluding tert-OH is 1. The molecule has 0 aromatic heterocycles. The first-order chi connectivity index (χ1) is 12.2. The van der Waals surface area contributed by atoms with Gasteiger partial charge in [0.15, 0.2) is 0 Å². The van der Waals surface area contributed by atoms with Crippen molar-refractivity contribution in [3.05, 3.63) is 29.3 Å². The SMILES string of the molecule is O=C(NC1CCN(C2CCCCC2O)CC1)c1ccc2c(c1)CCO2. The fraction of sp³-hybridized carbons (Fsp3) is 0.650. The summed E-state index contributed by atoms with van der Waals surface area (Å²) in [6.07, 6.45) is 7.05. The topological polar surface area (TPSA) is 61.8 Å². The van der Waals surface area contributed by atoms with Crippen LogP contribution in [0.5, 0.6) is 5.75 Å². The van der Waals surface area contributed by atoms with E-state index in [9.17, 15) is 9.90 Å². The normalized spacial score (nSPS) is 27.6. The van der Waals surface area contributed by atoms with Crippen LogP contribution in [0.25, 0.3) is 0 Å². The Morgan fingerprint density at radius 2 is 1.96 bits per heavy atom. The largest absolute Gasteiger partial charge is 0.493 e. The highest BCUT2D eigenvalue weighted by molar-refractivity contribution is 5.94. The maximum atomic E-state index is 12.5. The van der Waals surface area contributed by atoms with Gasteiger partial charge in [-0.25, -0.2) is 0 Å². The van der Waals surface area contributed by atoms with Gasteiger partial charge in [-0.15, -0.1) is 0 Å². The van der Waals surface area contributed by atoms with Crippen molar-refractivity contribution >= 4 is 5.91 Å². The number of carbonyl (C=O) groups excluding carboxylic acids is 1. The highest BCUT2D eigenvalue weighted by Crippen LogP contribution is 2.27. The number of fused-ring (bicyclic) bond motifs is 1. The Balaban J connectivity index is 1.30. The van der Waals surface area contributed by atoms with E-state index in [1.165, 1.54) is 6.42 Å². The summed E-state index contributed by atoms with van der Waals surface area (Å²) >= 11 is 0. The van der Waals surface area contributed by atoms with Crippen molar-refractivity contribution in [3.63, 3.8) is 0 Å². The average Bonchev–Trinajstić information content (AvgIpc) is 3.10. The highest BCUT2D eigenvalue weighted by atomic mass is 16.5. The molecular formula is C20H28N2O3. The standard InChI is InChI=1S/C20H28N2O3/c23-18-4-2-1-3-17(18)22-10-7-16(8-11-22)21-20(24)15-5-6-19-14(13-15)9-12-25-19/h5-6,13,16-18,23H,1-4,7-12H2,(H,21,24). The highest BCUT2D eigenvalue weighted by Gasteiger charge is 2.31. The second kappa shape index (κ2) is 7.34. The van der Waals surface area contributed by atoms with Gasteiger partial charge in [-0.3, -0.25) is 9.69 Å². The van der Waals surface area contributed by atoms with Crippen molar-refractivity contribution in [2.24, 2.45) is 0 Å². The molecule has 1 aliphatic carbocycles. The summed E-state index contributed by atoms with van der Waals surface area (Å²) in [5, 5.41) is 13.4. The van der Waals surface area contributed by atoms with Gasteiger partial charge in [-0.2, -0.15) is 0 Å². The van der Waals surface area contributed by atoms with Crippen LogP contribution < -0.4 is 10.1 Å². The number of nitrogens with zero attached hydrogens (tertiary/aromatic N) is 1. The number of carbonyl (C=O) groups is 1. The lowest BCUT2D eigenvalue weighted by Crippen LogP contribution is -2.52. The number of piperidine rings is 1. The number of benzene rings is 1. The van der Waals surface area contributed by atoms with Gasteiger partial charge < -0.3 is 15.2 Å². The van der Waals surface area contributed by atoms with Crippen molar-refractivity contribution in [1.82, 2.24) is 10.2 Å². The molecule has 2 atom stereocenters. The average molecular weight is 344 g/mol. The third kappa shape index (κ3) is 3.67. The van der Waals surface area contributed by atoms with E-state index in [4.69, 9.17) is 4.74 Å². The predicted octanol–water partition coefficient (Wildman–Crippen LogP) is 2.12. The molecule has 4 rings (SSSR count). The lowest BCUT2D eigenvalue weighted by Gasteiger charge is -2.41. The third-order valence-electron chi connectivity index (χ3n) is 5.98. The fourth-order valence-electron chi connectivity index (χ4n) is 4.49. The molecule has 0 radical (unpaired) electrons. The maximum absolute atomic E-state index is 12.5. The summed E-state index contributed by atoms with van der Waals surface area (Å²) in [5.74, 6) is 0.932. The minimum absolute atomic E-state index is 0.0193. The van der Waals surface area contributed by atoms with Crippen molar-refractivity contribution in [1.29, 1.82) is 0 Å². The van der Waals surface area contributed by atoms with Crippen LogP contribution in [0.3, 0.4) is 0 Å². The smallest absolute Gasteiger partial charge is 0.251 e. The first-order valence-corrected chi connectivity index (χ1v) is 9.69. The number of amides is 1. The number of aliphatic hydroxyl groups is 1. The van der Waals surface area contributed by atoms with Crippen molar-refractivity contribution in [2.45, 2.75) is 63.1 Å². The number of hydrogen-bond donors (Lipinski definition) is 2. The zero-order valence-electron chi connectivity index (χ0n) is 14.7. The molecule has 5 heteroatoms. The van der Waals surface area contributed by atoms with Crippen LogP contribution in [0.1, 0.15) is 54.4 Å². The molecule has 1 saturated heterocycles. The molecule has 2 N–H and O–H groups in total. The Hall–Kier alpha value is -1.59. The van der Waals surface area contributed by atoms with Crippen LogP contribution in [-0.2, 0) is 6.42 Å². The van der Waals surface area contributed by atoms with Crippen molar-refractivity contribution in [2.75, 3.05) is 19.7 Å². The summed E-state index contributed by atoms with van der Waals surface area (Å²) in [6.45, 7) is 2.64. The first-order valence-electron chi connectivity index (χ1n) is 9.69.